The third kappa shape index (κ3) is 4.53. The first-order valence-corrected chi connectivity index (χ1v) is 10.5. The summed E-state index contributed by atoms with van der Waals surface area (Å²) in [6.07, 6.45) is 7.09. The Bertz CT molecular complexity index is 1070. The van der Waals surface area contributed by atoms with E-state index in [0.717, 1.165) is 16.7 Å². The highest BCUT2D eigenvalue weighted by molar-refractivity contribution is 5.95. The molecule has 0 radical (unpaired) electrons. The molecule has 1 aliphatic rings. The standard InChI is InChI=1S/C25H26N4O3/c1-28(2)24(31)25(17-19-3-5-20(6-4-19)21-7-11-26-12-8-21)18-29(15-16-32-25)23(30)22-9-13-27-14-10-22/h3-14H,15-18H2,1-2H3. The van der Waals surface area contributed by atoms with Crippen molar-refractivity contribution in [2.75, 3.05) is 33.8 Å². The number of benzene rings is 1. The Hall–Kier alpha value is -3.58. The van der Waals surface area contributed by atoms with Crippen molar-refractivity contribution < 1.29 is 14.3 Å². The maximum atomic E-state index is 13.3. The lowest BCUT2D eigenvalue weighted by Crippen LogP contribution is -2.61. The molecule has 1 fully saturated rings. The van der Waals surface area contributed by atoms with Crippen LogP contribution in [-0.2, 0) is 16.0 Å². The van der Waals surface area contributed by atoms with Crippen LogP contribution in [0, 0.1) is 0 Å². The molecule has 1 saturated heterocycles. The zero-order chi connectivity index (χ0) is 22.6. The molecule has 0 N–H and O–H groups in total. The monoisotopic (exact) mass is 430 g/mol. The van der Waals surface area contributed by atoms with Crippen molar-refractivity contribution in [3.63, 3.8) is 0 Å². The predicted octanol–water partition coefficient (Wildman–Crippen LogP) is 2.69. The Labute approximate surface area is 187 Å². The molecular weight excluding hydrogens is 404 g/mol. The number of nitrogens with zero attached hydrogens (tertiary/aromatic N) is 4. The Morgan fingerprint density at radius 3 is 2.16 bits per heavy atom. The first-order chi connectivity index (χ1) is 15.5. The van der Waals surface area contributed by atoms with Crippen molar-refractivity contribution in [1.29, 1.82) is 0 Å². The zero-order valence-electron chi connectivity index (χ0n) is 18.3. The van der Waals surface area contributed by atoms with Crippen molar-refractivity contribution in [3.05, 3.63) is 84.4 Å². The summed E-state index contributed by atoms with van der Waals surface area (Å²) in [6, 6.07) is 15.4. The predicted molar refractivity (Wildman–Crippen MR) is 121 cm³/mol. The molecule has 164 valence electrons. The number of pyridine rings is 2. The number of ether oxygens (including phenoxy) is 1. The summed E-state index contributed by atoms with van der Waals surface area (Å²) in [5.74, 6) is -0.275. The third-order valence-corrected chi connectivity index (χ3v) is 5.65. The summed E-state index contributed by atoms with van der Waals surface area (Å²) in [4.78, 5) is 37.6. The molecule has 3 heterocycles. The molecule has 7 nitrogen and oxygen atoms in total. The van der Waals surface area contributed by atoms with Crippen LogP contribution in [0.2, 0.25) is 0 Å². The third-order valence-electron chi connectivity index (χ3n) is 5.65. The van der Waals surface area contributed by atoms with Gasteiger partial charge in [-0.25, -0.2) is 0 Å². The van der Waals surface area contributed by atoms with Crippen LogP contribution in [0.1, 0.15) is 15.9 Å². The van der Waals surface area contributed by atoms with Gasteiger partial charge >= 0.3 is 0 Å². The Morgan fingerprint density at radius 2 is 1.53 bits per heavy atom. The molecule has 0 spiro atoms. The number of hydrogen-bond acceptors (Lipinski definition) is 5. The molecule has 3 aromatic rings. The van der Waals surface area contributed by atoms with Gasteiger partial charge in [0.2, 0.25) is 0 Å². The van der Waals surface area contributed by atoms with Crippen LogP contribution in [0.25, 0.3) is 11.1 Å². The van der Waals surface area contributed by atoms with Crippen molar-refractivity contribution in [1.82, 2.24) is 19.8 Å². The molecule has 7 heteroatoms. The van der Waals surface area contributed by atoms with Gasteiger partial charge in [0, 0.05) is 57.4 Å². The highest BCUT2D eigenvalue weighted by atomic mass is 16.5. The van der Waals surface area contributed by atoms with E-state index in [1.807, 2.05) is 36.4 Å². The van der Waals surface area contributed by atoms with Gasteiger partial charge in [-0.05, 0) is 41.0 Å². The summed E-state index contributed by atoms with van der Waals surface area (Å²) in [5.41, 5.74) is 2.53. The minimum Gasteiger partial charge on any atom is -0.361 e. The number of morpholine rings is 1. The number of carbonyl (C=O) groups excluding carboxylic acids is 2. The number of amides is 2. The lowest BCUT2D eigenvalue weighted by molar-refractivity contribution is -0.165. The van der Waals surface area contributed by atoms with Crippen LogP contribution in [0.4, 0.5) is 0 Å². The lowest BCUT2D eigenvalue weighted by Gasteiger charge is -2.43. The van der Waals surface area contributed by atoms with Crippen LogP contribution in [0.3, 0.4) is 0 Å². The molecule has 0 bridgehead atoms. The summed E-state index contributed by atoms with van der Waals surface area (Å²) in [5, 5.41) is 0. The van der Waals surface area contributed by atoms with Crippen molar-refractivity contribution in [3.8, 4) is 11.1 Å². The highest BCUT2D eigenvalue weighted by Crippen LogP contribution is 2.28. The summed E-state index contributed by atoms with van der Waals surface area (Å²) >= 11 is 0. The van der Waals surface area contributed by atoms with Gasteiger partial charge in [0.05, 0.1) is 13.2 Å². The lowest BCUT2D eigenvalue weighted by atomic mass is 9.90. The molecule has 32 heavy (non-hydrogen) atoms. The van der Waals surface area contributed by atoms with Gasteiger partial charge in [0.15, 0.2) is 5.60 Å². The second-order valence-electron chi connectivity index (χ2n) is 8.11. The van der Waals surface area contributed by atoms with E-state index in [2.05, 4.69) is 9.97 Å². The average molecular weight is 431 g/mol. The Kier molecular flexibility index (Phi) is 6.28. The molecule has 1 aliphatic heterocycles. The first-order valence-electron chi connectivity index (χ1n) is 10.5. The Morgan fingerprint density at radius 1 is 0.938 bits per heavy atom. The molecule has 0 aliphatic carbocycles. The highest BCUT2D eigenvalue weighted by Gasteiger charge is 2.46. The van der Waals surface area contributed by atoms with Crippen LogP contribution in [0.15, 0.2) is 73.3 Å². The zero-order valence-corrected chi connectivity index (χ0v) is 18.3. The maximum Gasteiger partial charge on any atom is 0.256 e. The Balaban J connectivity index is 1.59. The van der Waals surface area contributed by atoms with E-state index >= 15 is 0 Å². The van der Waals surface area contributed by atoms with E-state index in [1.54, 1.807) is 55.9 Å². The fraction of sp³-hybridized carbons (Fsp3) is 0.280. The summed E-state index contributed by atoms with van der Waals surface area (Å²) in [7, 11) is 3.42. The summed E-state index contributed by atoms with van der Waals surface area (Å²) < 4.78 is 6.12. The minimum absolute atomic E-state index is 0.125. The van der Waals surface area contributed by atoms with Crippen molar-refractivity contribution >= 4 is 11.8 Å². The van der Waals surface area contributed by atoms with E-state index in [-0.39, 0.29) is 18.4 Å². The van der Waals surface area contributed by atoms with E-state index < -0.39 is 5.60 Å². The van der Waals surface area contributed by atoms with E-state index in [0.29, 0.717) is 25.1 Å². The smallest absolute Gasteiger partial charge is 0.256 e. The number of rotatable bonds is 5. The van der Waals surface area contributed by atoms with Gasteiger partial charge in [-0.3, -0.25) is 19.6 Å². The second kappa shape index (κ2) is 9.28. The molecule has 1 unspecified atom stereocenters. The largest absolute Gasteiger partial charge is 0.361 e. The van der Waals surface area contributed by atoms with Gasteiger partial charge in [-0.15, -0.1) is 0 Å². The summed E-state index contributed by atoms with van der Waals surface area (Å²) in [6.45, 7) is 0.924. The molecule has 0 saturated carbocycles. The van der Waals surface area contributed by atoms with Crippen LogP contribution >= 0.6 is 0 Å². The topological polar surface area (TPSA) is 75.6 Å². The normalized spacial score (nSPS) is 18.2. The van der Waals surface area contributed by atoms with Crippen LogP contribution in [0.5, 0.6) is 0 Å². The minimum atomic E-state index is -1.14. The number of likely N-dealkylation sites (N-methyl/N-ethyl adjacent to an activating group) is 1. The van der Waals surface area contributed by atoms with Gasteiger partial charge < -0.3 is 14.5 Å². The maximum absolute atomic E-state index is 13.3. The molecule has 1 atom stereocenters. The van der Waals surface area contributed by atoms with Crippen molar-refractivity contribution in [2.24, 2.45) is 0 Å². The average Bonchev–Trinajstić information content (AvgIpc) is 2.84. The van der Waals surface area contributed by atoms with E-state index in [1.165, 1.54) is 4.90 Å². The second-order valence-corrected chi connectivity index (χ2v) is 8.11. The van der Waals surface area contributed by atoms with E-state index in [4.69, 9.17) is 4.74 Å². The van der Waals surface area contributed by atoms with Gasteiger partial charge in [-0.1, -0.05) is 24.3 Å². The molecule has 1 aromatic carbocycles. The fourth-order valence-electron chi connectivity index (χ4n) is 4.04. The molecular formula is C25H26N4O3. The molecule has 2 aromatic heterocycles. The van der Waals surface area contributed by atoms with E-state index in [9.17, 15) is 9.59 Å². The van der Waals surface area contributed by atoms with Crippen LogP contribution < -0.4 is 0 Å². The number of aromatic nitrogens is 2. The first kappa shape index (κ1) is 21.6. The number of carbonyl (C=O) groups is 2. The SMILES string of the molecule is CN(C)C(=O)C1(Cc2ccc(-c3ccncc3)cc2)CN(C(=O)c2ccncc2)CCO1. The fourth-order valence-corrected chi connectivity index (χ4v) is 4.04. The van der Waals surface area contributed by atoms with Gasteiger partial charge in [-0.2, -0.15) is 0 Å². The van der Waals surface area contributed by atoms with Crippen molar-refractivity contribution in [2.45, 2.75) is 12.0 Å². The van der Waals surface area contributed by atoms with Crippen LogP contribution in [-0.4, -0.2) is 71.0 Å². The molecule has 2 amide bonds. The number of hydrogen-bond donors (Lipinski definition) is 0. The quantitative estimate of drug-likeness (QED) is 0.622. The van der Waals surface area contributed by atoms with Gasteiger partial charge in [0.1, 0.15) is 0 Å². The molecule has 4 rings (SSSR count). The van der Waals surface area contributed by atoms with Gasteiger partial charge in [0.25, 0.3) is 11.8 Å².